The zero-order chi connectivity index (χ0) is 41.4. The number of allylic oxidation sites excluding steroid dienone is 14. The van der Waals surface area contributed by atoms with Crippen LogP contribution in [0.15, 0.2) is 85.1 Å². The predicted molar refractivity (Wildman–Crippen MR) is 233 cm³/mol. The first-order chi connectivity index (χ1) is 27.0. The molecule has 0 radical (unpaired) electrons. The van der Waals surface area contributed by atoms with E-state index in [4.69, 9.17) is 18.5 Å². The molecule has 10 heteroatoms. The van der Waals surface area contributed by atoms with Gasteiger partial charge in [-0.15, -0.1) is 0 Å². The smallest absolute Gasteiger partial charge is 0.462 e. The van der Waals surface area contributed by atoms with Crippen molar-refractivity contribution >= 4 is 19.8 Å². The lowest BCUT2D eigenvalue weighted by atomic mass is 10.1. The number of hydrogen-bond donors (Lipinski definition) is 1. The minimum Gasteiger partial charge on any atom is -0.462 e. The van der Waals surface area contributed by atoms with Crippen molar-refractivity contribution < 1.29 is 42.1 Å². The lowest BCUT2D eigenvalue weighted by Gasteiger charge is -2.24. The normalized spacial score (nSPS) is 14.5. The third-order valence-electron chi connectivity index (χ3n) is 8.44. The molecule has 0 aliphatic heterocycles. The van der Waals surface area contributed by atoms with E-state index in [1.54, 1.807) is 0 Å². The van der Waals surface area contributed by atoms with Crippen molar-refractivity contribution in [2.24, 2.45) is 0 Å². The van der Waals surface area contributed by atoms with E-state index in [-0.39, 0.29) is 32.0 Å². The first kappa shape index (κ1) is 53.2. The maximum atomic E-state index is 12.6. The average Bonchev–Trinajstić information content (AvgIpc) is 3.15. The van der Waals surface area contributed by atoms with E-state index in [1.807, 2.05) is 21.1 Å². The molecular formula is C46H79NO8P+. The van der Waals surface area contributed by atoms with E-state index in [2.05, 4.69) is 98.9 Å². The standard InChI is InChI=1S/C46H78NO8P/c1-6-8-10-12-14-15-16-17-18-19-20-21-22-23-24-25-26-27-28-29-30-31-33-35-37-39-46(49)55-44(43-54-56(50,51)53-41-40-47(3,4)5)42-52-45(48)38-36-34-32-13-11-9-7-2/h8,10,14-15,17-18,20-21,23-24,26-27,29-30,44H,6-7,9,11-13,16,19,22,25,28,31-43H2,1-5H3/p+1/b10-8-,15-14-,18-17-,21-20-,24-23-,27-26-,30-29-. The van der Waals surface area contributed by atoms with E-state index < -0.39 is 26.5 Å². The molecule has 2 atom stereocenters. The van der Waals surface area contributed by atoms with Crippen molar-refractivity contribution in [3.63, 3.8) is 0 Å². The second-order valence-corrected chi connectivity index (χ2v) is 16.5. The zero-order valence-corrected chi connectivity index (χ0v) is 36.7. The van der Waals surface area contributed by atoms with Crippen LogP contribution in [0.4, 0.5) is 0 Å². The van der Waals surface area contributed by atoms with Gasteiger partial charge < -0.3 is 18.9 Å². The highest BCUT2D eigenvalue weighted by atomic mass is 31.2. The highest BCUT2D eigenvalue weighted by Gasteiger charge is 2.27. The molecule has 1 N–H and O–H groups in total. The zero-order valence-electron chi connectivity index (χ0n) is 35.8. The van der Waals surface area contributed by atoms with Gasteiger partial charge in [0.15, 0.2) is 6.10 Å². The van der Waals surface area contributed by atoms with Gasteiger partial charge in [0.2, 0.25) is 0 Å². The van der Waals surface area contributed by atoms with Gasteiger partial charge in [0.05, 0.1) is 27.7 Å². The van der Waals surface area contributed by atoms with Crippen molar-refractivity contribution in [3.8, 4) is 0 Å². The van der Waals surface area contributed by atoms with Gasteiger partial charge in [0, 0.05) is 12.8 Å². The Bertz CT molecular complexity index is 1230. The van der Waals surface area contributed by atoms with Gasteiger partial charge in [-0.3, -0.25) is 18.6 Å². The summed E-state index contributed by atoms with van der Waals surface area (Å²) in [6, 6.07) is 0. The van der Waals surface area contributed by atoms with Crippen LogP contribution < -0.4 is 0 Å². The number of ether oxygens (including phenoxy) is 2. The monoisotopic (exact) mass is 805 g/mol. The number of nitrogens with zero attached hydrogens (tertiary/aromatic N) is 1. The third kappa shape index (κ3) is 40.8. The van der Waals surface area contributed by atoms with Gasteiger partial charge in [-0.05, 0) is 70.6 Å². The molecule has 0 aromatic heterocycles. The summed E-state index contributed by atoms with van der Waals surface area (Å²) in [5.41, 5.74) is 0. The summed E-state index contributed by atoms with van der Waals surface area (Å²) < 4.78 is 34.1. The Hall–Kier alpha value is -2.81. The van der Waals surface area contributed by atoms with Crippen molar-refractivity contribution in [1.82, 2.24) is 0 Å². The summed E-state index contributed by atoms with van der Waals surface area (Å²) in [6.45, 7) is 4.18. The largest absolute Gasteiger partial charge is 0.472 e. The van der Waals surface area contributed by atoms with Crippen LogP contribution in [0.2, 0.25) is 0 Å². The van der Waals surface area contributed by atoms with Crippen LogP contribution in [0.5, 0.6) is 0 Å². The van der Waals surface area contributed by atoms with Crippen LogP contribution in [0.3, 0.4) is 0 Å². The second kappa shape index (κ2) is 37.7. The van der Waals surface area contributed by atoms with E-state index in [0.717, 1.165) is 89.9 Å². The highest BCUT2D eigenvalue weighted by molar-refractivity contribution is 7.47. The number of esters is 2. The molecule has 0 heterocycles. The first-order valence-corrected chi connectivity index (χ1v) is 22.8. The Morgan fingerprint density at radius 2 is 1.02 bits per heavy atom. The molecule has 0 amide bonds. The molecule has 0 bridgehead atoms. The number of unbranched alkanes of at least 4 members (excludes halogenated alkanes) is 9. The molecule has 56 heavy (non-hydrogen) atoms. The van der Waals surface area contributed by atoms with Crippen LogP contribution in [0, 0.1) is 0 Å². The van der Waals surface area contributed by atoms with Crippen LogP contribution in [-0.2, 0) is 32.7 Å². The van der Waals surface area contributed by atoms with Gasteiger partial charge in [-0.25, -0.2) is 4.57 Å². The molecule has 0 rings (SSSR count). The highest BCUT2D eigenvalue weighted by Crippen LogP contribution is 2.43. The SMILES string of the molecule is CC/C=C\C/C=C\C/C=C\C/C=C\C/C=C\C/C=C\C/C=C\CCCCCC(=O)OC(COC(=O)CCCCCCCCC)COP(=O)(O)OCC[N+](C)(C)C. The lowest BCUT2D eigenvalue weighted by Crippen LogP contribution is -2.37. The van der Waals surface area contributed by atoms with Gasteiger partial charge in [-0.2, -0.15) is 0 Å². The number of quaternary nitrogens is 1. The third-order valence-corrected chi connectivity index (χ3v) is 9.42. The molecule has 0 saturated heterocycles. The van der Waals surface area contributed by atoms with Gasteiger partial charge in [0.25, 0.3) is 0 Å². The van der Waals surface area contributed by atoms with Crippen molar-refractivity contribution in [1.29, 1.82) is 0 Å². The Labute approximate surface area is 341 Å². The molecular weight excluding hydrogens is 725 g/mol. The first-order valence-electron chi connectivity index (χ1n) is 21.3. The molecule has 0 fully saturated rings. The topological polar surface area (TPSA) is 108 Å². The molecule has 0 aliphatic rings. The van der Waals surface area contributed by atoms with E-state index >= 15 is 0 Å². The quantitative estimate of drug-likeness (QED) is 0.0217. The number of hydrogen-bond acceptors (Lipinski definition) is 7. The molecule has 0 aromatic rings. The summed E-state index contributed by atoms with van der Waals surface area (Å²) >= 11 is 0. The molecule has 2 unspecified atom stereocenters. The summed E-state index contributed by atoms with van der Waals surface area (Å²) in [5, 5.41) is 0. The maximum absolute atomic E-state index is 12.6. The number of carbonyl (C=O) groups excluding carboxylic acids is 2. The van der Waals surface area contributed by atoms with Crippen LogP contribution in [-0.4, -0.2) is 74.9 Å². The second-order valence-electron chi connectivity index (χ2n) is 15.0. The molecule has 0 spiro atoms. The summed E-state index contributed by atoms with van der Waals surface area (Å²) in [4.78, 5) is 35.1. The Kier molecular flexibility index (Phi) is 35.9. The number of phosphoric ester groups is 1. The summed E-state index contributed by atoms with van der Waals surface area (Å²) in [6.07, 6.45) is 48.0. The molecule has 0 aromatic carbocycles. The number of phosphoric acid groups is 1. The van der Waals surface area contributed by atoms with E-state index in [9.17, 15) is 19.0 Å². The van der Waals surface area contributed by atoms with Crippen LogP contribution >= 0.6 is 7.82 Å². The summed E-state index contributed by atoms with van der Waals surface area (Å²) in [7, 11) is 1.44. The minimum absolute atomic E-state index is 0.0207. The molecule has 9 nitrogen and oxygen atoms in total. The van der Waals surface area contributed by atoms with Gasteiger partial charge in [0.1, 0.15) is 19.8 Å². The summed E-state index contributed by atoms with van der Waals surface area (Å²) in [5.74, 6) is -0.853. The lowest BCUT2D eigenvalue weighted by molar-refractivity contribution is -0.870. The maximum Gasteiger partial charge on any atom is 0.472 e. The number of carbonyl (C=O) groups is 2. The average molecular weight is 805 g/mol. The predicted octanol–water partition coefficient (Wildman–Crippen LogP) is 12.0. The number of rotatable bonds is 37. The Morgan fingerprint density at radius 3 is 1.52 bits per heavy atom. The van der Waals surface area contributed by atoms with Gasteiger partial charge >= 0.3 is 19.8 Å². The Balaban J connectivity index is 4.34. The van der Waals surface area contributed by atoms with Crippen molar-refractivity contribution in [3.05, 3.63) is 85.1 Å². The molecule has 0 saturated carbocycles. The fourth-order valence-electron chi connectivity index (χ4n) is 5.11. The minimum atomic E-state index is -4.38. The van der Waals surface area contributed by atoms with E-state index in [1.165, 1.54) is 19.3 Å². The Morgan fingerprint density at radius 1 is 0.571 bits per heavy atom. The number of likely N-dealkylation sites (N-methyl/N-ethyl adjacent to an activating group) is 1. The van der Waals surface area contributed by atoms with E-state index in [0.29, 0.717) is 17.4 Å². The fraction of sp³-hybridized carbons (Fsp3) is 0.652. The van der Waals surface area contributed by atoms with Crippen molar-refractivity contribution in [2.45, 2.75) is 148 Å². The molecule has 320 valence electrons. The van der Waals surface area contributed by atoms with Gasteiger partial charge in [-0.1, -0.05) is 144 Å². The molecule has 0 aliphatic carbocycles. The van der Waals surface area contributed by atoms with Crippen LogP contribution in [0.1, 0.15) is 142 Å². The van der Waals surface area contributed by atoms with Crippen molar-refractivity contribution in [2.75, 3.05) is 47.5 Å². The fourth-order valence-corrected chi connectivity index (χ4v) is 5.85. The van der Waals surface area contributed by atoms with Crippen LogP contribution in [0.25, 0.3) is 0 Å².